The maximum absolute atomic E-state index is 12.6. The Labute approximate surface area is 138 Å². The highest BCUT2D eigenvalue weighted by Gasteiger charge is 2.30. The SMILES string of the molecule is CC1CCCN(C(=O)CN(c2ccccc2)S(=O)(=O)N(C)C)C1. The summed E-state index contributed by atoms with van der Waals surface area (Å²) in [6.45, 7) is 3.35. The van der Waals surface area contributed by atoms with E-state index in [1.807, 2.05) is 6.07 Å². The number of piperidine rings is 1. The first-order valence-electron chi connectivity index (χ1n) is 7.85. The largest absolute Gasteiger partial charge is 0.341 e. The molecule has 1 unspecified atom stereocenters. The molecule has 1 fully saturated rings. The fourth-order valence-corrected chi connectivity index (χ4v) is 3.79. The van der Waals surface area contributed by atoms with Crippen LogP contribution in [0, 0.1) is 5.92 Å². The monoisotopic (exact) mass is 339 g/mol. The van der Waals surface area contributed by atoms with E-state index in [2.05, 4.69) is 6.92 Å². The van der Waals surface area contributed by atoms with Crippen molar-refractivity contribution in [1.29, 1.82) is 0 Å². The van der Waals surface area contributed by atoms with Gasteiger partial charge in [0, 0.05) is 27.2 Å². The normalized spacial score (nSPS) is 19.0. The number of carbonyl (C=O) groups is 1. The second-order valence-corrected chi connectivity index (χ2v) is 8.29. The van der Waals surface area contributed by atoms with E-state index in [-0.39, 0.29) is 12.5 Å². The van der Waals surface area contributed by atoms with E-state index in [1.54, 1.807) is 29.2 Å². The summed E-state index contributed by atoms with van der Waals surface area (Å²) < 4.78 is 27.5. The summed E-state index contributed by atoms with van der Waals surface area (Å²) in [5, 5.41) is 0. The van der Waals surface area contributed by atoms with Crippen LogP contribution in [-0.2, 0) is 15.0 Å². The number of hydrogen-bond acceptors (Lipinski definition) is 3. The minimum atomic E-state index is -3.72. The molecule has 1 aromatic carbocycles. The van der Waals surface area contributed by atoms with Crippen LogP contribution in [0.3, 0.4) is 0 Å². The Kier molecular flexibility index (Phi) is 5.64. The first-order chi connectivity index (χ1) is 10.8. The van der Waals surface area contributed by atoms with E-state index in [4.69, 9.17) is 0 Å². The van der Waals surface area contributed by atoms with Gasteiger partial charge in [-0.25, -0.2) is 4.31 Å². The van der Waals surface area contributed by atoms with Crippen molar-refractivity contribution in [2.45, 2.75) is 19.8 Å². The standard InChI is InChI=1S/C16H25N3O3S/c1-14-8-7-11-18(12-14)16(20)13-19(23(21,22)17(2)3)15-9-5-4-6-10-15/h4-6,9-10,14H,7-8,11-13H2,1-3H3. The van der Waals surface area contributed by atoms with Gasteiger partial charge in [-0.05, 0) is 30.9 Å². The molecular formula is C16H25N3O3S. The molecule has 1 atom stereocenters. The number of anilines is 1. The molecule has 1 aromatic rings. The number of hydrogen-bond donors (Lipinski definition) is 0. The summed E-state index contributed by atoms with van der Waals surface area (Å²) >= 11 is 0. The number of amides is 1. The van der Waals surface area contributed by atoms with Gasteiger partial charge in [0.2, 0.25) is 5.91 Å². The van der Waals surface area contributed by atoms with Crippen molar-refractivity contribution in [3.05, 3.63) is 30.3 Å². The van der Waals surface area contributed by atoms with Gasteiger partial charge in [-0.3, -0.25) is 4.79 Å². The maximum atomic E-state index is 12.6. The van der Waals surface area contributed by atoms with Gasteiger partial charge in [-0.1, -0.05) is 25.1 Å². The van der Waals surface area contributed by atoms with Gasteiger partial charge in [0.1, 0.15) is 6.54 Å². The van der Waals surface area contributed by atoms with Crippen LogP contribution in [0.1, 0.15) is 19.8 Å². The number of rotatable bonds is 5. The van der Waals surface area contributed by atoms with E-state index < -0.39 is 10.2 Å². The van der Waals surface area contributed by atoms with Crippen LogP contribution in [0.4, 0.5) is 5.69 Å². The fourth-order valence-electron chi connectivity index (χ4n) is 2.74. The molecule has 0 aliphatic carbocycles. The van der Waals surface area contributed by atoms with Crippen molar-refractivity contribution in [2.24, 2.45) is 5.92 Å². The van der Waals surface area contributed by atoms with Crippen LogP contribution < -0.4 is 4.31 Å². The third kappa shape index (κ3) is 4.23. The molecule has 0 aromatic heterocycles. The van der Waals surface area contributed by atoms with Gasteiger partial charge in [0.15, 0.2) is 0 Å². The molecule has 0 spiro atoms. The number of para-hydroxylation sites is 1. The number of likely N-dealkylation sites (tertiary alicyclic amines) is 1. The Morgan fingerprint density at radius 1 is 1.26 bits per heavy atom. The third-order valence-corrected chi connectivity index (χ3v) is 5.89. The summed E-state index contributed by atoms with van der Waals surface area (Å²) in [5.74, 6) is 0.314. The maximum Gasteiger partial charge on any atom is 0.304 e. The number of nitrogens with zero attached hydrogens (tertiary/aromatic N) is 3. The van der Waals surface area contributed by atoms with Crippen molar-refractivity contribution in [2.75, 3.05) is 38.0 Å². The summed E-state index contributed by atoms with van der Waals surface area (Å²) in [6.07, 6.45) is 2.08. The average molecular weight is 339 g/mol. The lowest BCUT2D eigenvalue weighted by molar-refractivity contribution is -0.131. The second-order valence-electron chi connectivity index (χ2n) is 6.22. The van der Waals surface area contributed by atoms with Crippen molar-refractivity contribution in [1.82, 2.24) is 9.21 Å². The molecule has 2 rings (SSSR count). The Hall–Kier alpha value is -1.60. The zero-order valence-electron chi connectivity index (χ0n) is 14.0. The van der Waals surface area contributed by atoms with Crippen LogP contribution in [-0.4, -0.2) is 57.3 Å². The molecule has 0 radical (unpaired) electrons. The predicted molar refractivity (Wildman–Crippen MR) is 91.4 cm³/mol. The molecule has 1 saturated heterocycles. The molecule has 23 heavy (non-hydrogen) atoms. The van der Waals surface area contributed by atoms with Gasteiger partial charge >= 0.3 is 10.2 Å². The Morgan fingerprint density at radius 3 is 2.48 bits per heavy atom. The quantitative estimate of drug-likeness (QED) is 0.818. The summed E-state index contributed by atoms with van der Waals surface area (Å²) in [6, 6.07) is 8.75. The van der Waals surface area contributed by atoms with Crippen LogP contribution in [0.5, 0.6) is 0 Å². The number of carbonyl (C=O) groups excluding carboxylic acids is 1. The molecule has 0 bridgehead atoms. The van der Waals surface area contributed by atoms with Crippen LogP contribution in [0.2, 0.25) is 0 Å². The molecular weight excluding hydrogens is 314 g/mol. The minimum absolute atomic E-state index is 0.147. The topological polar surface area (TPSA) is 60.9 Å². The van der Waals surface area contributed by atoms with Crippen LogP contribution in [0.15, 0.2) is 30.3 Å². The average Bonchev–Trinajstić information content (AvgIpc) is 2.52. The zero-order chi connectivity index (χ0) is 17.0. The Morgan fingerprint density at radius 2 is 1.91 bits per heavy atom. The van der Waals surface area contributed by atoms with Crippen LogP contribution in [0.25, 0.3) is 0 Å². The highest BCUT2D eigenvalue weighted by atomic mass is 32.2. The molecule has 1 aliphatic heterocycles. The highest BCUT2D eigenvalue weighted by Crippen LogP contribution is 2.21. The lowest BCUT2D eigenvalue weighted by Gasteiger charge is -2.33. The van der Waals surface area contributed by atoms with Crippen molar-refractivity contribution in [3.63, 3.8) is 0 Å². The van der Waals surface area contributed by atoms with Gasteiger partial charge in [0.25, 0.3) is 0 Å². The van der Waals surface area contributed by atoms with Gasteiger partial charge in [-0.2, -0.15) is 12.7 Å². The molecule has 128 valence electrons. The molecule has 6 nitrogen and oxygen atoms in total. The molecule has 1 aliphatic rings. The fraction of sp³-hybridized carbons (Fsp3) is 0.562. The smallest absolute Gasteiger partial charge is 0.304 e. The third-order valence-electron chi connectivity index (χ3n) is 4.07. The summed E-state index contributed by atoms with van der Waals surface area (Å²) in [4.78, 5) is 14.4. The van der Waals surface area contributed by atoms with E-state index in [0.29, 0.717) is 24.7 Å². The molecule has 0 saturated carbocycles. The molecule has 0 N–H and O–H groups in total. The lowest BCUT2D eigenvalue weighted by atomic mass is 10.0. The van der Waals surface area contributed by atoms with Gasteiger partial charge < -0.3 is 4.90 Å². The molecule has 7 heteroatoms. The predicted octanol–water partition coefficient (Wildman–Crippen LogP) is 1.56. The minimum Gasteiger partial charge on any atom is -0.341 e. The van der Waals surface area contributed by atoms with Crippen LogP contribution >= 0.6 is 0 Å². The zero-order valence-corrected chi connectivity index (χ0v) is 14.8. The first kappa shape index (κ1) is 17.7. The Bertz CT molecular complexity index is 631. The first-order valence-corrected chi connectivity index (χ1v) is 9.25. The van der Waals surface area contributed by atoms with Crippen molar-refractivity contribution >= 4 is 21.8 Å². The van der Waals surface area contributed by atoms with E-state index in [0.717, 1.165) is 17.1 Å². The van der Waals surface area contributed by atoms with Gasteiger partial charge in [-0.15, -0.1) is 0 Å². The molecule has 1 heterocycles. The summed E-state index contributed by atoms with van der Waals surface area (Å²) in [7, 11) is -0.778. The van der Waals surface area contributed by atoms with E-state index in [1.165, 1.54) is 18.4 Å². The molecule has 1 amide bonds. The van der Waals surface area contributed by atoms with Crippen molar-refractivity contribution in [3.8, 4) is 0 Å². The van der Waals surface area contributed by atoms with E-state index in [9.17, 15) is 13.2 Å². The van der Waals surface area contributed by atoms with E-state index >= 15 is 0 Å². The number of benzene rings is 1. The Balaban J connectivity index is 2.23. The lowest BCUT2D eigenvalue weighted by Crippen LogP contribution is -2.49. The highest BCUT2D eigenvalue weighted by molar-refractivity contribution is 7.90. The second kappa shape index (κ2) is 7.31. The van der Waals surface area contributed by atoms with Crippen molar-refractivity contribution < 1.29 is 13.2 Å². The summed E-state index contributed by atoms with van der Waals surface area (Å²) in [5.41, 5.74) is 0.500. The van der Waals surface area contributed by atoms with Gasteiger partial charge in [0.05, 0.1) is 5.69 Å².